The van der Waals surface area contributed by atoms with E-state index in [-0.39, 0.29) is 18.6 Å². The van der Waals surface area contributed by atoms with Crippen molar-refractivity contribution in [3.05, 3.63) is 53.6 Å². The SMILES string of the molecule is CCOc1ccc(C(=O)OCC(=O)N2CCC[C@H]2c2cc(OC)ccc2OC)cc1. The van der Waals surface area contributed by atoms with E-state index in [1.807, 2.05) is 25.1 Å². The molecular weight excluding hydrogens is 386 g/mol. The van der Waals surface area contributed by atoms with Crippen molar-refractivity contribution in [2.75, 3.05) is 34.0 Å². The van der Waals surface area contributed by atoms with Crippen LogP contribution in [0.5, 0.6) is 17.2 Å². The van der Waals surface area contributed by atoms with Gasteiger partial charge in [-0.1, -0.05) is 0 Å². The highest BCUT2D eigenvalue weighted by atomic mass is 16.5. The van der Waals surface area contributed by atoms with Crippen LogP contribution < -0.4 is 14.2 Å². The van der Waals surface area contributed by atoms with Crippen molar-refractivity contribution in [2.24, 2.45) is 0 Å². The fraction of sp³-hybridized carbons (Fsp3) is 0.391. The first-order chi connectivity index (χ1) is 14.6. The van der Waals surface area contributed by atoms with Crippen molar-refractivity contribution in [3.8, 4) is 17.2 Å². The van der Waals surface area contributed by atoms with E-state index in [1.54, 1.807) is 43.4 Å². The average Bonchev–Trinajstić information content (AvgIpc) is 3.27. The number of hydrogen-bond donors (Lipinski definition) is 0. The third-order valence-corrected chi connectivity index (χ3v) is 5.10. The van der Waals surface area contributed by atoms with E-state index < -0.39 is 5.97 Å². The largest absolute Gasteiger partial charge is 0.497 e. The van der Waals surface area contributed by atoms with Crippen molar-refractivity contribution in [2.45, 2.75) is 25.8 Å². The Bertz CT molecular complexity index is 880. The second-order valence-electron chi connectivity index (χ2n) is 6.89. The Morgan fingerprint density at radius 1 is 1.03 bits per heavy atom. The monoisotopic (exact) mass is 413 g/mol. The van der Waals surface area contributed by atoms with E-state index in [4.69, 9.17) is 18.9 Å². The molecule has 1 atom stereocenters. The molecule has 1 fully saturated rings. The summed E-state index contributed by atoms with van der Waals surface area (Å²) in [7, 11) is 3.20. The van der Waals surface area contributed by atoms with E-state index in [1.165, 1.54) is 0 Å². The molecule has 160 valence electrons. The first kappa shape index (κ1) is 21.5. The predicted octanol–water partition coefficient (Wildman–Crippen LogP) is 3.62. The Hall–Kier alpha value is -3.22. The maximum Gasteiger partial charge on any atom is 0.338 e. The lowest BCUT2D eigenvalue weighted by molar-refractivity contribution is -0.135. The molecule has 1 aliphatic heterocycles. The van der Waals surface area contributed by atoms with Gasteiger partial charge in [0.2, 0.25) is 0 Å². The Labute approximate surface area is 176 Å². The second-order valence-corrected chi connectivity index (χ2v) is 6.89. The minimum atomic E-state index is -0.541. The lowest BCUT2D eigenvalue weighted by Gasteiger charge is -2.26. The zero-order valence-electron chi connectivity index (χ0n) is 17.6. The normalized spacial score (nSPS) is 15.6. The summed E-state index contributed by atoms with van der Waals surface area (Å²) < 4.78 is 21.4. The van der Waals surface area contributed by atoms with Gasteiger partial charge >= 0.3 is 5.97 Å². The van der Waals surface area contributed by atoms with Gasteiger partial charge in [-0.3, -0.25) is 4.79 Å². The van der Waals surface area contributed by atoms with Crippen LogP contribution in [0.3, 0.4) is 0 Å². The molecule has 1 heterocycles. The molecule has 2 aromatic carbocycles. The van der Waals surface area contributed by atoms with E-state index in [2.05, 4.69) is 0 Å². The van der Waals surface area contributed by atoms with Gasteiger partial charge in [-0.25, -0.2) is 4.79 Å². The molecule has 30 heavy (non-hydrogen) atoms. The molecule has 1 amide bonds. The van der Waals surface area contributed by atoms with Crippen LogP contribution in [0.25, 0.3) is 0 Å². The van der Waals surface area contributed by atoms with Crippen molar-refractivity contribution in [3.63, 3.8) is 0 Å². The van der Waals surface area contributed by atoms with E-state index in [0.29, 0.717) is 36.0 Å². The number of rotatable bonds is 8. The minimum absolute atomic E-state index is 0.147. The third-order valence-electron chi connectivity index (χ3n) is 5.10. The van der Waals surface area contributed by atoms with Gasteiger partial charge in [0.25, 0.3) is 5.91 Å². The predicted molar refractivity (Wildman–Crippen MR) is 111 cm³/mol. The van der Waals surface area contributed by atoms with Gasteiger partial charge in [0.1, 0.15) is 17.2 Å². The van der Waals surface area contributed by atoms with Crippen LogP contribution in [0.4, 0.5) is 0 Å². The number of hydrogen-bond acceptors (Lipinski definition) is 6. The van der Waals surface area contributed by atoms with E-state index >= 15 is 0 Å². The Kier molecular flexibility index (Phi) is 7.17. The van der Waals surface area contributed by atoms with E-state index in [0.717, 1.165) is 18.4 Å². The molecule has 7 nitrogen and oxygen atoms in total. The summed E-state index contributed by atoms with van der Waals surface area (Å²) in [4.78, 5) is 26.9. The van der Waals surface area contributed by atoms with Crippen LogP contribution in [-0.2, 0) is 9.53 Å². The number of ether oxygens (including phenoxy) is 4. The van der Waals surface area contributed by atoms with E-state index in [9.17, 15) is 9.59 Å². The van der Waals surface area contributed by atoms with Crippen molar-refractivity contribution >= 4 is 11.9 Å². The van der Waals surface area contributed by atoms with Crippen LogP contribution in [-0.4, -0.2) is 50.8 Å². The molecule has 0 saturated carbocycles. The number of methoxy groups -OCH3 is 2. The maximum absolute atomic E-state index is 12.8. The number of benzene rings is 2. The molecule has 0 N–H and O–H groups in total. The molecular formula is C23H27NO6. The zero-order valence-corrected chi connectivity index (χ0v) is 17.6. The van der Waals surface area contributed by atoms with Crippen LogP contribution >= 0.6 is 0 Å². The highest BCUT2D eigenvalue weighted by molar-refractivity contribution is 5.91. The summed E-state index contributed by atoms with van der Waals surface area (Å²) in [6.45, 7) is 2.73. The highest BCUT2D eigenvalue weighted by Gasteiger charge is 2.32. The first-order valence-electron chi connectivity index (χ1n) is 9.98. The van der Waals surface area contributed by atoms with Gasteiger partial charge in [-0.05, 0) is 62.2 Å². The quantitative estimate of drug-likeness (QED) is 0.616. The smallest absolute Gasteiger partial charge is 0.338 e. The number of esters is 1. The van der Waals surface area contributed by atoms with Gasteiger partial charge in [-0.2, -0.15) is 0 Å². The molecule has 0 unspecified atom stereocenters. The molecule has 0 aromatic heterocycles. The van der Waals surface area contributed by atoms with Crippen molar-refractivity contribution in [1.82, 2.24) is 4.90 Å². The average molecular weight is 413 g/mol. The fourth-order valence-electron chi connectivity index (χ4n) is 3.64. The van der Waals surface area contributed by atoms with Gasteiger partial charge in [0, 0.05) is 12.1 Å². The van der Waals surface area contributed by atoms with Crippen LogP contribution in [0.1, 0.15) is 41.7 Å². The number of nitrogens with zero attached hydrogens (tertiary/aromatic N) is 1. The fourth-order valence-corrected chi connectivity index (χ4v) is 3.64. The summed E-state index contributed by atoms with van der Waals surface area (Å²) >= 11 is 0. The molecule has 7 heteroatoms. The molecule has 0 spiro atoms. The summed E-state index contributed by atoms with van der Waals surface area (Å²) in [5.74, 6) is 1.30. The number of carbonyl (C=O) groups excluding carboxylic acids is 2. The standard InChI is InChI=1S/C23H27NO6/c1-4-29-17-9-7-16(8-10-17)23(26)30-15-22(25)24-13-5-6-20(24)19-14-18(27-2)11-12-21(19)28-3/h7-12,14,20H,4-6,13,15H2,1-3H3/t20-/m0/s1. The third kappa shape index (κ3) is 4.84. The highest BCUT2D eigenvalue weighted by Crippen LogP contribution is 2.38. The summed E-state index contributed by atoms with van der Waals surface area (Å²) in [6, 6.07) is 12.0. The minimum Gasteiger partial charge on any atom is -0.497 e. The molecule has 1 saturated heterocycles. The Morgan fingerprint density at radius 3 is 2.43 bits per heavy atom. The number of carbonyl (C=O) groups is 2. The summed E-state index contributed by atoms with van der Waals surface area (Å²) in [5, 5.41) is 0. The molecule has 0 aliphatic carbocycles. The number of likely N-dealkylation sites (tertiary alicyclic amines) is 1. The van der Waals surface area contributed by atoms with Gasteiger partial charge in [-0.15, -0.1) is 0 Å². The lowest BCUT2D eigenvalue weighted by Crippen LogP contribution is -2.34. The van der Waals surface area contributed by atoms with Crippen LogP contribution in [0.15, 0.2) is 42.5 Å². The second kappa shape index (κ2) is 10.0. The Morgan fingerprint density at radius 2 is 1.77 bits per heavy atom. The van der Waals surface area contributed by atoms with Crippen molar-refractivity contribution < 1.29 is 28.5 Å². The molecule has 2 aromatic rings. The van der Waals surface area contributed by atoms with Crippen molar-refractivity contribution in [1.29, 1.82) is 0 Å². The Balaban J connectivity index is 1.65. The van der Waals surface area contributed by atoms with Gasteiger partial charge < -0.3 is 23.8 Å². The summed E-state index contributed by atoms with van der Waals surface area (Å²) in [6.07, 6.45) is 1.67. The molecule has 3 rings (SSSR count). The lowest BCUT2D eigenvalue weighted by atomic mass is 10.0. The van der Waals surface area contributed by atoms with Crippen LogP contribution in [0, 0.1) is 0 Å². The molecule has 0 radical (unpaired) electrons. The molecule has 1 aliphatic rings. The van der Waals surface area contributed by atoms with Crippen LogP contribution in [0.2, 0.25) is 0 Å². The molecule has 0 bridgehead atoms. The summed E-state index contributed by atoms with van der Waals surface area (Å²) in [5.41, 5.74) is 1.26. The first-order valence-corrected chi connectivity index (χ1v) is 9.98. The number of amides is 1. The van der Waals surface area contributed by atoms with Gasteiger partial charge in [0.05, 0.1) is 32.4 Å². The zero-order chi connectivity index (χ0) is 21.5. The maximum atomic E-state index is 12.8. The van der Waals surface area contributed by atoms with Gasteiger partial charge in [0.15, 0.2) is 6.61 Å². The topological polar surface area (TPSA) is 74.3 Å².